The summed E-state index contributed by atoms with van der Waals surface area (Å²) in [5, 5.41) is 0. The van der Waals surface area contributed by atoms with Gasteiger partial charge in [0.1, 0.15) is 0 Å². The van der Waals surface area contributed by atoms with Crippen molar-refractivity contribution < 1.29 is 13.3 Å². The van der Waals surface area contributed by atoms with Crippen molar-refractivity contribution in [3.63, 3.8) is 0 Å². The highest BCUT2D eigenvalue weighted by Gasteiger charge is 2.55. The molecule has 1 fully saturated rings. The average molecular weight is 263 g/mol. The Morgan fingerprint density at radius 1 is 1.19 bits per heavy atom. The molecule has 96 valence electrons. The molecule has 4 nitrogen and oxygen atoms in total. The lowest BCUT2D eigenvalue weighted by Crippen LogP contribution is -2.65. The van der Waals surface area contributed by atoms with Crippen molar-refractivity contribution in [2.24, 2.45) is 0 Å². The molecule has 0 N–H and O–H groups in total. The minimum absolute atomic E-state index is 0.733. The van der Waals surface area contributed by atoms with E-state index in [0.29, 0.717) is 0 Å². The van der Waals surface area contributed by atoms with E-state index in [1.165, 1.54) is 6.42 Å². The normalized spacial score (nSPS) is 21.6. The largest absolute Gasteiger partial charge is 0.422 e. The number of rotatable bonds is 6. The monoisotopic (exact) mass is 263 g/mol. The molecular weight excluding hydrogens is 238 g/mol. The van der Waals surface area contributed by atoms with Crippen molar-refractivity contribution in [2.75, 3.05) is 26.9 Å². The van der Waals surface area contributed by atoms with E-state index in [-0.39, 0.29) is 0 Å². The highest BCUT2D eigenvalue weighted by atomic mass is 28.4. The molecule has 6 heteroatoms. The molecule has 0 bridgehead atoms. The van der Waals surface area contributed by atoms with Crippen LogP contribution in [0.4, 0.5) is 0 Å². The maximum Gasteiger partial charge on any atom is 0.422 e. The van der Waals surface area contributed by atoms with Crippen molar-refractivity contribution in [1.29, 1.82) is 0 Å². The molecule has 16 heavy (non-hydrogen) atoms. The molecule has 1 aliphatic heterocycles. The summed E-state index contributed by atoms with van der Waals surface area (Å²) in [6.45, 7) is 11.1. The summed E-state index contributed by atoms with van der Waals surface area (Å²) < 4.78 is 20.2. The molecule has 0 atom stereocenters. The first-order valence-corrected chi connectivity index (χ1v) is 11.0. The van der Waals surface area contributed by atoms with Crippen molar-refractivity contribution in [3.8, 4) is 0 Å². The Balaban J connectivity index is 2.88. The van der Waals surface area contributed by atoms with Crippen molar-refractivity contribution in [3.05, 3.63) is 0 Å². The molecule has 0 radical (unpaired) electrons. The van der Waals surface area contributed by atoms with E-state index in [1.54, 1.807) is 0 Å². The predicted molar refractivity (Wildman–Crippen MR) is 69.6 cm³/mol. The van der Waals surface area contributed by atoms with Gasteiger partial charge in [-0.25, -0.2) is 0 Å². The Bertz CT molecular complexity index is 220. The molecule has 0 aromatic rings. The van der Waals surface area contributed by atoms with Crippen LogP contribution in [0.15, 0.2) is 0 Å². The van der Waals surface area contributed by atoms with E-state index in [2.05, 4.69) is 17.3 Å². The van der Waals surface area contributed by atoms with Gasteiger partial charge >= 0.3 is 8.72 Å². The van der Waals surface area contributed by atoms with Crippen LogP contribution in [0.5, 0.6) is 0 Å². The first-order valence-electron chi connectivity index (χ1n) is 6.13. The first-order chi connectivity index (χ1) is 7.52. The van der Waals surface area contributed by atoms with Gasteiger partial charge in [-0.15, -0.1) is 0 Å². The molecule has 1 heterocycles. The van der Waals surface area contributed by atoms with Crippen LogP contribution in [0.1, 0.15) is 20.3 Å². The van der Waals surface area contributed by atoms with Crippen LogP contribution in [0, 0.1) is 0 Å². The van der Waals surface area contributed by atoms with Gasteiger partial charge in [-0.3, -0.25) is 4.23 Å². The summed E-state index contributed by atoms with van der Waals surface area (Å²) in [5.74, 6) is 0. The van der Waals surface area contributed by atoms with Gasteiger partial charge < -0.3 is 13.3 Å². The van der Waals surface area contributed by atoms with Crippen LogP contribution >= 0.6 is 0 Å². The molecule has 1 saturated heterocycles. The molecular formula is C10H25NO3Si2. The Morgan fingerprint density at radius 3 is 2.19 bits per heavy atom. The quantitative estimate of drug-likeness (QED) is 0.686. The van der Waals surface area contributed by atoms with E-state index in [1.807, 2.05) is 21.0 Å². The molecule has 1 aliphatic rings. The molecule has 1 rings (SSSR count). The van der Waals surface area contributed by atoms with Gasteiger partial charge in [0, 0.05) is 26.4 Å². The van der Waals surface area contributed by atoms with Gasteiger partial charge in [0.15, 0.2) is 0 Å². The number of nitrogens with zero attached hydrogens (tertiary/aromatic N) is 1. The maximum atomic E-state index is 6.03. The van der Waals surface area contributed by atoms with Crippen LogP contribution in [0.3, 0.4) is 0 Å². The van der Waals surface area contributed by atoms with Crippen molar-refractivity contribution in [2.45, 2.75) is 39.4 Å². The van der Waals surface area contributed by atoms with Crippen LogP contribution < -0.4 is 0 Å². The molecule has 0 aromatic heterocycles. The minimum Gasteiger partial charge on any atom is -0.407 e. The zero-order valence-corrected chi connectivity index (χ0v) is 13.2. The summed E-state index contributed by atoms with van der Waals surface area (Å²) in [6, 6.07) is 1.08. The molecule has 0 amide bonds. The highest BCUT2D eigenvalue weighted by Crippen LogP contribution is 2.33. The SMILES string of the molecule is CCO[Si]1(OCC)CCCN1[Si](C)(C)OC. The fourth-order valence-corrected chi connectivity index (χ4v) is 10.5. The van der Waals surface area contributed by atoms with E-state index >= 15 is 0 Å². The van der Waals surface area contributed by atoms with Gasteiger partial charge in [0.25, 0.3) is 8.48 Å². The van der Waals surface area contributed by atoms with Crippen molar-refractivity contribution >= 4 is 17.2 Å². The second kappa shape index (κ2) is 5.74. The summed E-state index contributed by atoms with van der Waals surface area (Å²) in [7, 11) is -2.15. The second-order valence-corrected chi connectivity index (χ2v) is 11.8. The molecule has 0 unspecified atom stereocenters. The molecule has 0 saturated carbocycles. The Kier molecular flexibility index (Phi) is 5.15. The third-order valence-electron chi connectivity index (χ3n) is 3.17. The lowest BCUT2D eigenvalue weighted by Gasteiger charge is -2.41. The minimum atomic E-state index is -2.15. The summed E-state index contributed by atoms with van der Waals surface area (Å²) >= 11 is 0. The maximum absolute atomic E-state index is 6.03. The van der Waals surface area contributed by atoms with Crippen molar-refractivity contribution in [1.82, 2.24) is 4.23 Å². The topological polar surface area (TPSA) is 30.9 Å². The fraction of sp³-hybridized carbons (Fsp3) is 1.00. The number of hydrogen-bond acceptors (Lipinski definition) is 4. The van der Waals surface area contributed by atoms with Gasteiger partial charge in [0.2, 0.25) is 0 Å². The average Bonchev–Trinajstić information content (AvgIpc) is 2.64. The van der Waals surface area contributed by atoms with Gasteiger partial charge in [-0.1, -0.05) is 0 Å². The zero-order chi connectivity index (χ0) is 12.2. The van der Waals surface area contributed by atoms with Crippen LogP contribution in [0.25, 0.3) is 0 Å². The van der Waals surface area contributed by atoms with Gasteiger partial charge in [0.05, 0.1) is 0 Å². The van der Waals surface area contributed by atoms with E-state index in [4.69, 9.17) is 13.3 Å². The first kappa shape index (κ1) is 14.3. The van der Waals surface area contributed by atoms with E-state index in [9.17, 15) is 0 Å². The molecule has 0 spiro atoms. The Labute approximate surface area is 101 Å². The van der Waals surface area contributed by atoms with Crippen LogP contribution in [0.2, 0.25) is 19.1 Å². The van der Waals surface area contributed by atoms with E-state index in [0.717, 1.165) is 25.8 Å². The lowest BCUT2D eigenvalue weighted by molar-refractivity contribution is 0.150. The lowest BCUT2D eigenvalue weighted by atomic mass is 10.5. The standard InChI is InChI=1S/C10H25NO3Si2/c1-6-13-16(14-7-2)10-8-9-11(16)15(4,5)12-3/h6-10H2,1-5H3. The summed E-state index contributed by atoms with van der Waals surface area (Å²) in [4.78, 5) is 0. The third kappa shape index (κ3) is 2.74. The summed E-state index contributed by atoms with van der Waals surface area (Å²) in [6.07, 6.45) is 1.17. The zero-order valence-electron chi connectivity index (χ0n) is 11.2. The molecule has 0 aromatic carbocycles. The van der Waals surface area contributed by atoms with E-state index < -0.39 is 17.2 Å². The Morgan fingerprint density at radius 2 is 1.75 bits per heavy atom. The van der Waals surface area contributed by atoms with Gasteiger partial charge in [-0.05, 0) is 39.9 Å². The Hall–Kier alpha value is 0.274. The van der Waals surface area contributed by atoms with Crippen LogP contribution in [-0.4, -0.2) is 48.3 Å². The highest BCUT2D eigenvalue weighted by molar-refractivity contribution is 6.83. The predicted octanol–water partition coefficient (Wildman–Crippen LogP) is 2.05. The smallest absolute Gasteiger partial charge is 0.407 e. The molecule has 0 aliphatic carbocycles. The summed E-state index contributed by atoms with van der Waals surface area (Å²) in [5.41, 5.74) is 0. The fourth-order valence-electron chi connectivity index (χ4n) is 2.35. The number of hydrogen-bond donors (Lipinski definition) is 0. The van der Waals surface area contributed by atoms with Gasteiger partial charge in [-0.2, -0.15) is 0 Å². The second-order valence-electron chi connectivity index (χ2n) is 4.48. The van der Waals surface area contributed by atoms with Crippen LogP contribution in [-0.2, 0) is 13.3 Å². The third-order valence-corrected chi connectivity index (χ3v) is 11.8.